The molecule has 1 atom stereocenters. The molecule has 1 unspecified atom stereocenters. The summed E-state index contributed by atoms with van der Waals surface area (Å²) in [6, 6.07) is 10.1. The van der Waals surface area contributed by atoms with Gasteiger partial charge < -0.3 is 4.74 Å². The molecule has 1 aromatic carbocycles. The first kappa shape index (κ1) is 22.6. The van der Waals surface area contributed by atoms with Crippen LogP contribution < -0.4 is 10.1 Å². The highest BCUT2D eigenvalue weighted by atomic mass is 35.5. The van der Waals surface area contributed by atoms with Crippen molar-refractivity contribution in [3.05, 3.63) is 80.4 Å². The summed E-state index contributed by atoms with van der Waals surface area (Å²) < 4.78 is 8.51. The molecule has 1 fully saturated rings. The fraction of sp³-hybridized carbons (Fsp3) is 0.250. The van der Waals surface area contributed by atoms with Crippen molar-refractivity contribution >= 4 is 46.3 Å². The lowest BCUT2D eigenvalue weighted by molar-refractivity contribution is -0.576. The number of halogens is 2. The molecular weight excluding hydrogens is 479 g/mol. The van der Waals surface area contributed by atoms with Gasteiger partial charge in [-0.3, -0.25) is 24.4 Å². The topological polar surface area (TPSA) is 88.3 Å². The largest absolute Gasteiger partial charge is 0.376 e. The van der Waals surface area contributed by atoms with E-state index in [0.29, 0.717) is 23.0 Å². The summed E-state index contributed by atoms with van der Waals surface area (Å²) in [5, 5.41) is 3.64. The molecule has 34 heavy (non-hydrogen) atoms. The number of hydrogen-bond donors (Lipinski definition) is 1. The molecule has 8 nitrogen and oxygen atoms in total. The molecule has 0 bridgehead atoms. The van der Waals surface area contributed by atoms with Crippen molar-refractivity contribution in [2.75, 3.05) is 13.2 Å². The highest BCUT2D eigenvalue weighted by molar-refractivity contribution is 6.44. The standard InChI is InChI=1S/C24H20Cl2N4O4/c1-14-19(23(32)30(27-14)15-7-8-17(25)18(26)12-15)20-21(28-9-3-2-4-10-28)24(33)29(22(20)31)13-16-6-5-11-34-16/h2-4,7-10,12,16H,5-6,11,13H2,1H3/p+1. The molecule has 10 heteroatoms. The van der Waals surface area contributed by atoms with E-state index in [9.17, 15) is 14.4 Å². The number of hydrogen-bond acceptors (Lipinski definition) is 4. The van der Waals surface area contributed by atoms with Gasteiger partial charge in [0.1, 0.15) is 5.57 Å². The van der Waals surface area contributed by atoms with E-state index in [1.165, 1.54) is 9.58 Å². The number of H-pyrrole nitrogens is 1. The van der Waals surface area contributed by atoms with Crippen LogP contribution >= 0.6 is 23.2 Å². The molecule has 0 radical (unpaired) electrons. The van der Waals surface area contributed by atoms with Crippen LogP contribution in [0, 0.1) is 6.92 Å². The monoisotopic (exact) mass is 499 g/mol. The Bertz CT molecular complexity index is 1390. The molecule has 4 heterocycles. The van der Waals surface area contributed by atoms with Crippen molar-refractivity contribution in [2.45, 2.75) is 25.9 Å². The lowest BCUT2D eigenvalue weighted by Gasteiger charge is -2.18. The molecule has 0 spiro atoms. The molecule has 5 rings (SSSR count). The number of carbonyl (C=O) groups excluding carboxylic acids is 2. The molecule has 174 valence electrons. The second-order valence-electron chi connectivity index (χ2n) is 8.21. The maximum atomic E-state index is 13.6. The fourth-order valence-electron chi connectivity index (χ4n) is 4.38. The van der Waals surface area contributed by atoms with Gasteiger partial charge in [0.2, 0.25) is 0 Å². The van der Waals surface area contributed by atoms with E-state index in [0.717, 1.165) is 12.8 Å². The Hall–Kier alpha value is -3.20. The van der Waals surface area contributed by atoms with Gasteiger partial charge in [-0.15, -0.1) is 0 Å². The van der Waals surface area contributed by atoms with E-state index in [-0.39, 0.29) is 34.5 Å². The second-order valence-corrected chi connectivity index (χ2v) is 9.03. The molecule has 1 N–H and O–H groups in total. The third-order valence-electron chi connectivity index (χ3n) is 6.01. The summed E-state index contributed by atoms with van der Waals surface area (Å²) in [5.41, 5.74) is 0.739. The van der Waals surface area contributed by atoms with E-state index < -0.39 is 17.4 Å². The Kier molecular flexibility index (Phi) is 5.89. The third kappa shape index (κ3) is 3.77. The number of nitrogens with one attached hydrogen (secondary N) is 1. The van der Waals surface area contributed by atoms with Gasteiger partial charge in [0.15, 0.2) is 12.4 Å². The van der Waals surface area contributed by atoms with Crippen molar-refractivity contribution in [1.29, 1.82) is 0 Å². The predicted molar refractivity (Wildman–Crippen MR) is 127 cm³/mol. The van der Waals surface area contributed by atoms with Crippen molar-refractivity contribution in [1.82, 2.24) is 14.7 Å². The molecular formula is C24H21Cl2N4O4+. The summed E-state index contributed by atoms with van der Waals surface area (Å²) in [6.07, 6.45) is 4.79. The lowest BCUT2D eigenvalue weighted by Crippen LogP contribution is -2.42. The summed E-state index contributed by atoms with van der Waals surface area (Å²) in [4.78, 5) is 41.8. The molecule has 2 aliphatic rings. The van der Waals surface area contributed by atoms with Crippen molar-refractivity contribution in [3.63, 3.8) is 0 Å². The van der Waals surface area contributed by atoms with Crippen LogP contribution in [0.2, 0.25) is 10.0 Å². The van der Waals surface area contributed by atoms with Gasteiger partial charge in [0, 0.05) is 24.4 Å². The summed E-state index contributed by atoms with van der Waals surface area (Å²) in [6.45, 7) is 2.43. The van der Waals surface area contributed by atoms with E-state index >= 15 is 0 Å². The minimum atomic E-state index is -0.521. The Balaban J connectivity index is 1.66. The van der Waals surface area contributed by atoms with Gasteiger partial charge in [-0.05, 0) is 38.0 Å². The predicted octanol–water partition coefficient (Wildman–Crippen LogP) is 2.98. The van der Waals surface area contributed by atoms with Crippen LogP contribution in [0.1, 0.15) is 24.1 Å². The van der Waals surface area contributed by atoms with Gasteiger partial charge >= 0.3 is 5.91 Å². The molecule has 0 aliphatic carbocycles. The quantitative estimate of drug-likeness (QED) is 0.431. The van der Waals surface area contributed by atoms with Gasteiger partial charge in [-0.2, -0.15) is 4.57 Å². The van der Waals surface area contributed by atoms with E-state index in [2.05, 4.69) is 5.10 Å². The average molecular weight is 500 g/mol. The van der Waals surface area contributed by atoms with Crippen LogP contribution in [0.4, 0.5) is 0 Å². The van der Waals surface area contributed by atoms with Gasteiger partial charge in [-0.25, -0.2) is 4.68 Å². The van der Waals surface area contributed by atoms with Crippen molar-refractivity contribution < 1.29 is 18.9 Å². The number of pyridine rings is 1. The van der Waals surface area contributed by atoms with Gasteiger partial charge in [0.05, 0.1) is 33.9 Å². The van der Waals surface area contributed by atoms with Crippen LogP contribution in [0.3, 0.4) is 0 Å². The van der Waals surface area contributed by atoms with E-state index in [4.69, 9.17) is 27.9 Å². The van der Waals surface area contributed by atoms with Crippen molar-refractivity contribution in [2.24, 2.45) is 0 Å². The number of benzene rings is 1. The lowest BCUT2D eigenvalue weighted by atomic mass is 10.1. The fourth-order valence-corrected chi connectivity index (χ4v) is 4.67. The number of nitrogens with zero attached hydrogens (tertiary/aromatic N) is 3. The zero-order valence-corrected chi connectivity index (χ0v) is 19.8. The van der Waals surface area contributed by atoms with Gasteiger partial charge in [0.25, 0.3) is 17.2 Å². The SMILES string of the molecule is Cc1[nH]n(-c2ccc(Cl)c(Cl)c2)c(=O)c1C1=C([n+]2ccccc2)C(=O)N(CC2CCCO2)C1=O. The first-order chi connectivity index (χ1) is 16.4. The number of aromatic amines is 1. The molecule has 0 saturated carbocycles. The third-order valence-corrected chi connectivity index (χ3v) is 6.75. The molecule has 1 saturated heterocycles. The number of aromatic nitrogens is 3. The van der Waals surface area contributed by atoms with Crippen LogP contribution in [-0.2, 0) is 14.3 Å². The first-order valence-electron chi connectivity index (χ1n) is 10.8. The minimum absolute atomic E-state index is 0.0526. The summed E-state index contributed by atoms with van der Waals surface area (Å²) in [5.74, 6) is -0.986. The van der Waals surface area contributed by atoms with Crippen LogP contribution in [0.15, 0.2) is 53.6 Å². The van der Waals surface area contributed by atoms with Crippen molar-refractivity contribution in [3.8, 4) is 5.69 Å². The Morgan fingerprint density at radius 1 is 1.09 bits per heavy atom. The number of aryl methyl sites for hydroxylation is 1. The molecule has 3 aromatic rings. The smallest absolute Gasteiger partial charge is 0.327 e. The van der Waals surface area contributed by atoms with E-state index in [1.54, 1.807) is 60.3 Å². The number of carbonyl (C=O) groups is 2. The van der Waals surface area contributed by atoms with Gasteiger partial charge in [-0.1, -0.05) is 29.3 Å². The van der Waals surface area contributed by atoms with Crippen LogP contribution in [-0.4, -0.2) is 45.8 Å². The zero-order chi connectivity index (χ0) is 24.0. The number of ether oxygens (including phenoxy) is 1. The number of imide groups is 1. The Morgan fingerprint density at radius 3 is 2.53 bits per heavy atom. The van der Waals surface area contributed by atoms with E-state index in [1.807, 2.05) is 0 Å². The summed E-state index contributed by atoms with van der Waals surface area (Å²) in [7, 11) is 0. The molecule has 2 aliphatic heterocycles. The second kappa shape index (κ2) is 8.87. The van der Waals surface area contributed by atoms with Crippen LogP contribution in [0.5, 0.6) is 0 Å². The maximum Gasteiger partial charge on any atom is 0.327 e. The molecule has 2 aromatic heterocycles. The normalized spacial score (nSPS) is 18.4. The Labute approximate surface area is 204 Å². The minimum Gasteiger partial charge on any atom is -0.376 e. The number of amides is 2. The van der Waals surface area contributed by atoms with Crippen LogP contribution in [0.25, 0.3) is 17.0 Å². The highest BCUT2D eigenvalue weighted by Gasteiger charge is 2.48. The summed E-state index contributed by atoms with van der Waals surface area (Å²) >= 11 is 12.2. The number of rotatable bonds is 5. The Morgan fingerprint density at radius 2 is 1.85 bits per heavy atom. The molecule has 2 amide bonds. The first-order valence-corrected chi connectivity index (χ1v) is 11.6. The average Bonchev–Trinajstić information content (AvgIpc) is 3.50. The zero-order valence-electron chi connectivity index (χ0n) is 18.3. The highest BCUT2D eigenvalue weighted by Crippen LogP contribution is 2.31. The maximum absolute atomic E-state index is 13.6.